The maximum Gasteiger partial charge on any atom is 0.330 e. The minimum Gasteiger partial charge on any atom is -0.474 e. The molecular formula is C19H23NO4. The van der Waals surface area contributed by atoms with Crippen LogP contribution in [0.2, 0.25) is 0 Å². The highest BCUT2D eigenvalue weighted by atomic mass is 16.5. The minimum atomic E-state index is -1.07. The van der Waals surface area contributed by atoms with Gasteiger partial charge >= 0.3 is 5.97 Å². The van der Waals surface area contributed by atoms with Crippen molar-refractivity contribution < 1.29 is 19.1 Å². The maximum atomic E-state index is 12.7. The van der Waals surface area contributed by atoms with Crippen LogP contribution in [0.5, 0.6) is 5.75 Å². The molecule has 0 fully saturated rings. The standard InChI is InChI=1S/C19H23NO4/c1-6-23-17(21)10-7-13(2)12-19(3)18(22)15-9-8-14(20(4)5)11-16(15)24-19/h7-12H,6H2,1-5H3/b10-7+,13-12+. The number of ketones is 1. The molecule has 1 atom stereocenters. The summed E-state index contributed by atoms with van der Waals surface area (Å²) in [5.41, 5.74) is 1.21. The molecule has 0 N–H and O–H groups in total. The lowest BCUT2D eigenvalue weighted by Crippen LogP contribution is -2.34. The molecule has 0 saturated carbocycles. The zero-order valence-electron chi connectivity index (χ0n) is 14.8. The summed E-state index contributed by atoms with van der Waals surface area (Å²) >= 11 is 0. The molecule has 1 heterocycles. The first kappa shape index (κ1) is 17.8. The average Bonchev–Trinajstić information content (AvgIpc) is 2.76. The lowest BCUT2D eigenvalue weighted by Gasteiger charge is -2.19. The Morgan fingerprint density at radius 1 is 1.33 bits per heavy atom. The lowest BCUT2D eigenvalue weighted by molar-refractivity contribution is -0.137. The van der Waals surface area contributed by atoms with E-state index in [0.29, 0.717) is 17.9 Å². The third-order valence-electron chi connectivity index (χ3n) is 3.77. The highest BCUT2D eigenvalue weighted by Crippen LogP contribution is 2.38. The number of hydrogen-bond donors (Lipinski definition) is 0. The second-order valence-electron chi connectivity index (χ2n) is 6.09. The molecule has 0 aromatic heterocycles. The van der Waals surface area contributed by atoms with Gasteiger partial charge in [-0.25, -0.2) is 4.79 Å². The fourth-order valence-corrected chi connectivity index (χ4v) is 2.57. The molecule has 0 bridgehead atoms. The van der Waals surface area contributed by atoms with E-state index in [0.717, 1.165) is 11.3 Å². The Labute approximate surface area is 142 Å². The van der Waals surface area contributed by atoms with Crippen molar-refractivity contribution in [1.82, 2.24) is 0 Å². The van der Waals surface area contributed by atoms with Crippen LogP contribution in [0.15, 0.2) is 42.0 Å². The third kappa shape index (κ3) is 3.67. The summed E-state index contributed by atoms with van der Waals surface area (Å²) < 4.78 is 10.8. The molecule has 5 nitrogen and oxygen atoms in total. The number of benzene rings is 1. The number of rotatable bonds is 5. The molecule has 24 heavy (non-hydrogen) atoms. The van der Waals surface area contributed by atoms with E-state index < -0.39 is 11.6 Å². The number of Topliss-reactive ketones (excluding diaryl/α,β-unsaturated/α-hetero) is 1. The SMILES string of the molecule is CCOC(=O)/C=C/C(C)=C/C1(C)Oc2cc(N(C)C)ccc2C1=O. The van der Waals surface area contributed by atoms with Gasteiger partial charge in [0.2, 0.25) is 5.78 Å². The Hall–Kier alpha value is -2.56. The van der Waals surface area contributed by atoms with E-state index in [2.05, 4.69) is 0 Å². The van der Waals surface area contributed by atoms with Crippen molar-refractivity contribution >= 4 is 17.4 Å². The molecule has 5 heteroatoms. The molecule has 1 aromatic carbocycles. The predicted molar refractivity (Wildman–Crippen MR) is 93.7 cm³/mol. The summed E-state index contributed by atoms with van der Waals surface area (Å²) in [7, 11) is 3.86. The molecule has 128 valence electrons. The van der Waals surface area contributed by atoms with E-state index in [-0.39, 0.29) is 5.78 Å². The van der Waals surface area contributed by atoms with Gasteiger partial charge in [0.05, 0.1) is 12.2 Å². The van der Waals surface area contributed by atoms with Gasteiger partial charge in [-0.15, -0.1) is 0 Å². The van der Waals surface area contributed by atoms with E-state index >= 15 is 0 Å². The van der Waals surface area contributed by atoms with Crippen molar-refractivity contribution in [3.8, 4) is 5.75 Å². The van der Waals surface area contributed by atoms with Gasteiger partial charge in [-0.05, 0) is 39.0 Å². The Morgan fingerprint density at radius 2 is 2.04 bits per heavy atom. The van der Waals surface area contributed by atoms with Crippen LogP contribution >= 0.6 is 0 Å². The van der Waals surface area contributed by atoms with Crippen LogP contribution in [-0.2, 0) is 9.53 Å². The molecule has 1 aromatic rings. The van der Waals surface area contributed by atoms with Crippen molar-refractivity contribution in [1.29, 1.82) is 0 Å². The van der Waals surface area contributed by atoms with Gasteiger partial charge in [0.15, 0.2) is 5.60 Å². The number of hydrogen-bond acceptors (Lipinski definition) is 5. The largest absolute Gasteiger partial charge is 0.474 e. The second kappa shape index (κ2) is 6.91. The molecule has 0 spiro atoms. The fourth-order valence-electron chi connectivity index (χ4n) is 2.57. The lowest BCUT2D eigenvalue weighted by atomic mass is 9.95. The van der Waals surface area contributed by atoms with Gasteiger partial charge in [0, 0.05) is 31.9 Å². The van der Waals surface area contributed by atoms with E-state index in [9.17, 15) is 9.59 Å². The number of nitrogens with zero attached hydrogens (tertiary/aromatic N) is 1. The van der Waals surface area contributed by atoms with Gasteiger partial charge in [-0.2, -0.15) is 0 Å². The number of fused-ring (bicyclic) bond motifs is 1. The molecule has 0 aliphatic carbocycles. The zero-order valence-corrected chi connectivity index (χ0v) is 14.8. The normalized spacial score (nSPS) is 20.0. The maximum absolute atomic E-state index is 12.7. The molecular weight excluding hydrogens is 306 g/mol. The Balaban J connectivity index is 2.23. The van der Waals surface area contributed by atoms with Crippen molar-refractivity contribution in [2.45, 2.75) is 26.4 Å². The Morgan fingerprint density at radius 3 is 2.67 bits per heavy atom. The quantitative estimate of drug-likeness (QED) is 0.472. The first-order chi connectivity index (χ1) is 11.3. The summed E-state index contributed by atoms with van der Waals surface area (Å²) in [6.45, 7) is 5.62. The molecule has 0 radical (unpaired) electrons. The monoisotopic (exact) mass is 329 g/mol. The number of anilines is 1. The Kier molecular flexibility index (Phi) is 5.12. The van der Waals surface area contributed by atoms with Crippen molar-refractivity contribution in [3.05, 3.63) is 47.6 Å². The topological polar surface area (TPSA) is 55.8 Å². The van der Waals surface area contributed by atoms with E-state index in [1.807, 2.05) is 38.1 Å². The third-order valence-corrected chi connectivity index (χ3v) is 3.77. The molecule has 1 aliphatic rings. The van der Waals surface area contributed by atoms with Crippen LogP contribution in [0, 0.1) is 0 Å². The zero-order chi connectivity index (χ0) is 17.9. The van der Waals surface area contributed by atoms with Gasteiger partial charge < -0.3 is 14.4 Å². The van der Waals surface area contributed by atoms with Crippen molar-refractivity contribution in [2.75, 3.05) is 25.6 Å². The molecule has 0 amide bonds. The second-order valence-corrected chi connectivity index (χ2v) is 6.09. The van der Waals surface area contributed by atoms with Crippen LogP contribution in [0.3, 0.4) is 0 Å². The predicted octanol–water partition coefficient (Wildman–Crippen LogP) is 3.15. The summed E-state index contributed by atoms with van der Waals surface area (Å²) in [4.78, 5) is 26.0. The van der Waals surface area contributed by atoms with Gasteiger partial charge in [-0.1, -0.05) is 11.6 Å². The number of allylic oxidation sites excluding steroid dienone is 2. The van der Waals surface area contributed by atoms with E-state index in [1.54, 1.807) is 32.1 Å². The van der Waals surface area contributed by atoms with Crippen molar-refractivity contribution in [2.24, 2.45) is 0 Å². The van der Waals surface area contributed by atoms with Crippen LogP contribution in [-0.4, -0.2) is 38.1 Å². The molecule has 1 aliphatic heterocycles. The smallest absolute Gasteiger partial charge is 0.330 e. The summed E-state index contributed by atoms with van der Waals surface area (Å²) in [6.07, 6.45) is 4.68. The summed E-state index contributed by atoms with van der Waals surface area (Å²) in [5, 5.41) is 0. The van der Waals surface area contributed by atoms with Crippen molar-refractivity contribution in [3.63, 3.8) is 0 Å². The molecule has 1 unspecified atom stereocenters. The van der Waals surface area contributed by atoms with Gasteiger partial charge in [-0.3, -0.25) is 4.79 Å². The first-order valence-corrected chi connectivity index (χ1v) is 7.86. The summed E-state index contributed by atoms with van der Waals surface area (Å²) in [5.74, 6) is 0.0757. The summed E-state index contributed by atoms with van der Waals surface area (Å²) in [6, 6.07) is 5.54. The minimum absolute atomic E-state index is 0.0910. The fraction of sp³-hybridized carbons (Fsp3) is 0.368. The highest BCUT2D eigenvalue weighted by Gasteiger charge is 2.42. The number of carbonyl (C=O) groups is 2. The first-order valence-electron chi connectivity index (χ1n) is 7.86. The number of ether oxygens (including phenoxy) is 2. The number of carbonyl (C=O) groups excluding carboxylic acids is 2. The van der Waals surface area contributed by atoms with Crippen LogP contribution in [0.4, 0.5) is 5.69 Å². The molecule has 0 saturated heterocycles. The van der Waals surface area contributed by atoms with E-state index in [4.69, 9.17) is 9.47 Å². The van der Waals surface area contributed by atoms with Crippen LogP contribution in [0.25, 0.3) is 0 Å². The van der Waals surface area contributed by atoms with E-state index in [1.165, 1.54) is 6.08 Å². The van der Waals surface area contributed by atoms with Gasteiger partial charge in [0.25, 0.3) is 0 Å². The Bertz CT molecular complexity index is 718. The molecule has 2 rings (SSSR count). The van der Waals surface area contributed by atoms with Gasteiger partial charge in [0.1, 0.15) is 5.75 Å². The van der Waals surface area contributed by atoms with Crippen LogP contribution < -0.4 is 9.64 Å². The average molecular weight is 329 g/mol. The van der Waals surface area contributed by atoms with Crippen LogP contribution in [0.1, 0.15) is 31.1 Å². The number of esters is 1. The highest BCUT2D eigenvalue weighted by molar-refractivity contribution is 6.09.